The summed E-state index contributed by atoms with van der Waals surface area (Å²) in [6.45, 7) is -0.0928. The SMILES string of the molecule is NCCOP1(=O)OC[C@H]2O[C@@H](n3cccnc3=O)C(F)[C@@H]2O1. The lowest BCUT2D eigenvalue weighted by atomic mass is 10.1. The van der Waals surface area contributed by atoms with Gasteiger partial charge in [-0.1, -0.05) is 0 Å². The van der Waals surface area contributed by atoms with E-state index in [-0.39, 0.29) is 19.8 Å². The van der Waals surface area contributed by atoms with Crippen LogP contribution in [-0.4, -0.2) is 47.7 Å². The van der Waals surface area contributed by atoms with Crippen molar-refractivity contribution < 1.29 is 27.3 Å². The van der Waals surface area contributed by atoms with Crippen LogP contribution in [0.5, 0.6) is 0 Å². The molecule has 2 aliphatic rings. The van der Waals surface area contributed by atoms with E-state index in [2.05, 4.69) is 4.98 Å². The van der Waals surface area contributed by atoms with E-state index < -0.39 is 38.1 Å². The summed E-state index contributed by atoms with van der Waals surface area (Å²) < 4.78 is 48.2. The number of halogens is 1. The predicted octanol–water partition coefficient (Wildman–Crippen LogP) is -0.0224. The molecule has 11 heteroatoms. The number of phosphoric ester groups is 1. The Balaban J connectivity index is 1.78. The van der Waals surface area contributed by atoms with Gasteiger partial charge in [-0.05, 0) is 6.07 Å². The minimum absolute atomic E-state index is 0.0437. The molecule has 5 atom stereocenters. The van der Waals surface area contributed by atoms with E-state index in [9.17, 15) is 13.8 Å². The Morgan fingerprint density at radius 1 is 1.59 bits per heavy atom. The van der Waals surface area contributed by atoms with Crippen molar-refractivity contribution >= 4 is 7.82 Å². The normalized spacial score (nSPS) is 37.9. The fourth-order valence-corrected chi connectivity index (χ4v) is 3.72. The molecule has 22 heavy (non-hydrogen) atoms. The second-order valence-electron chi connectivity index (χ2n) is 4.75. The van der Waals surface area contributed by atoms with Crippen LogP contribution in [0.25, 0.3) is 0 Å². The third-order valence-corrected chi connectivity index (χ3v) is 4.76. The molecule has 2 saturated heterocycles. The van der Waals surface area contributed by atoms with Gasteiger partial charge < -0.3 is 10.5 Å². The molecule has 1 aromatic rings. The van der Waals surface area contributed by atoms with Crippen molar-refractivity contribution in [1.29, 1.82) is 0 Å². The van der Waals surface area contributed by atoms with Gasteiger partial charge in [0.1, 0.15) is 12.2 Å². The Hall–Kier alpha value is -1.16. The molecule has 0 bridgehead atoms. The zero-order valence-electron chi connectivity index (χ0n) is 11.4. The van der Waals surface area contributed by atoms with Gasteiger partial charge in [0.2, 0.25) is 0 Å². The van der Waals surface area contributed by atoms with Gasteiger partial charge >= 0.3 is 13.5 Å². The molecule has 1 aromatic heterocycles. The molecule has 0 radical (unpaired) electrons. The number of hydrogen-bond donors (Lipinski definition) is 1. The zero-order valence-corrected chi connectivity index (χ0v) is 12.3. The number of phosphoric acid groups is 1. The summed E-state index contributed by atoms with van der Waals surface area (Å²) in [7, 11) is -3.87. The van der Waals surface area contributed by atoms with E-state index >= 15 is 0 Å². The standard InChI is InChI=1S/C11H15FN3O6P/c12-8-9-7(6-19-22(17,21-9)18-5-2-13)20-10(8)15-4-1-3-14-11(15)16/h1,3-4,7-10H,2,5-6,13H2/t7-,8?,9-,10-,22?/m1/s1. The van der Waals surface area contributed by atoms with Crippen LogP contribution in [0.4, 0.5) is 4.39 Å². The topological polar surface area (TPSA) is 115 Å². The van der Waals surface area contributed by atoms with Gasteiger partial charge in [-0.2, -0.15) is 0 Å². The first-order valence-electron chi connectivity index (χ1n) is 6.64. The maximum absolute atomic E-state index is 14.6. The van der Waals surface area contributed by atoms with Gasteiger partial charge in [0.15, 0.2) is 12.4 Å². The Morgan fingerprint density at radius 2 is 2.41 bits per heavy atom. The molecule has 9 nitrogen and oxygen atoms in total. The maximum Gasteiger partial charge on any atom is 0.475 e. The third kappa shape index (κ3) is 2.85. The number of alkyl halides is 1. The minimum Gasteiger partial charge on any atom is -0.346 e. The van der Waals surface area contributed by atoms with Gasteiger partial charge in [-0.3, -0.25) is 18.1 Å². The van der Waals surface area contributed by atoms with Gasteiger partial charge in [0.25, 0.3) is 0 Å². The lowest BCUT2D eigenvalue weighted by Crippen LogP contribution is -2.38. The summed E-state index contributed by atoms with van der Waals surface area (Å²) in [6.07, 6.45) is -2.24. The second-order valence-corrected chi connectivity index (χ2v) is 6.38. The van der Waals surface area contributed by atoms with Crippen molar-refractivity contribution in [3.8, 4) is 0 Å². The summed E-state index contributed by atoms with van der Waals surface area (Å²) in [5.41, 5.74) is 4.60. The fourth-order valence-electron chi connectivity index (χ4n) is 2.32. The van der Waals surface area contributed by atoms with Crippen molar-refractivity contribution in [2.75, 3.05) is 19.8 Å². The van der Waals surface area contributed by atoms with Crippen LogP contribution in [0.3, 0.4) is 0 Å². The van der Waals surface area contributed by atoms with Gasteiger partial charge in [-0.15, -0.1) is 0 Å². The largest absolute Gasteiger partial charge is 0.475 e. The highest BCUT2D eigenvalue weighted by atomic mass is 31.2. The highest BCUT2D eigenvalue weighted by Crippen LogP contribution is 2.56. The molecule has 0 spiro atoms. The minimum atomic E-state index is -3.87. The van der Waals surface area contributed by atoms with Gasteiger partial charge in [0.05, 0.1) is 13.2 Å². The van der Waals surface area contributed by atoms with E-state index in [1.54, 1.807) is 0 Å². The van der Waals surface area contributed by atoms with Crippen molar-refractivity contribution in [3.63, 3.8) is 0 Å². The molecule has 2 unspecified atom stereocenters. The summed E-state index contributed by atoms with van der Waals surface area (Å²) in [5, 5.41) is 0. The average molecular weight is 335 g/mol. The zero-order chi connectivity index (χ0) is 15.7. The number of fused-ring (bicyclic) bond motifs is 1. The van der Waals surface area contributed by atoms with Crippen molar-refractivity contribution in [3.05, 3.63) is 28.9 Å². The number of hydrogen-bond acceptors (Lipinski definition) is 8. The summed E-state index contributed by atoms with van der Waals surface area (Å²) in [6, 6.07) is 1.48. The molecular weight excluding hydrogens is 320 g/mol. The average Bonchev–Trinajstić information content (AvgIpc) is 2.82. The molecule has 2 aliphatic heterocycles. The van der Waals surface area contributed by atoms with Crippen LogP contribution in [0.15, 0.2) is 23.3 Å². The molecular formula is C11H15FN3O6P. The van der Waals surface area contributed by atoms with E-state index in [0.29, 0.717) is 0 Å². The summed E-state index contributed by atoms with van der Waals surface area (Å²) in [5.74, 6) is 0. The summed E-state index contributed by atoms with van der Waals surface area (Å²) >= 11 is 0. The first-order chi connectivity index (χ1) is 10.5. The Morgan fingerprint density at radius 3 is 3.14 bits per heavy atom. The Labute approximate surface area is 124 Å². The number of ether oxygens (including phenoxy) is 1. The van der Waals surface area contributed by atoms with Crippen LogP contribution in [0.1, 0.15) is 6.23 Å². The van der Waals surface area contributed by atoms with Gasteiger partial charge in [0, 0.05) is 18.9 Å². The summed E-state index contributed by atoms with van der Waals surface area (Å²) in [4.78, 5) is 15.2. The number of aromatic nitrogens is 2. The molecule has 0 saturated carbocycles. The number of nitrogens with two attached hydrogens (primary N) is 1. The fraction of sp³-hybridized carbons (Fsp3) is 0.636. The van der Waals surface area contributed by atoms with E-state index in [1.807, 2.05) is 0 Å². The quantitative estimate of drug-likeness (QED) is 0.763. The molecule has 3 heterocycles. The van der Waals surface area contributed by atoms with Crippen LogP contribution in [0.2, 0.25) is 0 Å². The molecule has 0 amide bonds. The molecule has 2 fully saturated rings. The van der Waals surface area contributed by atoms with E-state index in [1.165, 1.54) is 18.5 Å². The molecule has 122 valence electrons. The van der Waals surface area contributed by atoms with Crippen LogP contribution < -0.4 is 11.4 Å². The molecule has 2 N–H and O–H groups in total. The highest BCUT2D eigenvalue weighted by Gasteiger charge is 2.54. The van der Waals surface area contributed by atoms with Gasteiger partial charge in [-0.25, -0.2) is 18.7 Å². The molecule has 0 aromatic carbocycles. The Bertz CT molecular complexity index is 642. The lowest BCUT2D eigenvalue weighted by Gasteiger charge is -2.30. The lowest BCUT2D eigenvalue weighted by molar-refractivity contribution is -0.0720. The van der Waals surface area contributed by atoms with Crippen molar-refractivity contribution in [2.45, 2.75) is 24.6 Å². The van der Waals surface area contributed by atoms with Crippen molar-refractivity contribution in [1.82, 2.24) is 9.55 Å². The van der Waals surface area contributed by atoms with Crippen molar-refractivity contribution in [2.24, 2.45) is 5.73 Å². The number of nitrogens with zero attached hydrogens (tertiary/aromatic N) is 2. The molecule has 0 aliphatic carbocycles. The molecule has 3 rings (SSSR count). The number of rotatable bonds is 4. The first-order valence-corrected chi connectivity index (χ1v) is 8.10. The third-order valence-electron chi connectivity index (χ3n) is 3.29. The maximum atomic E-state index is 14.6. The van der Waals surface area contributed by atoms with Crippen LogP contribution in [-0.2, 0) is 22.9 Å². The second kappa shape index (κ2) is 6.15. The van der Waals surface area contributed by atoms with E-state index in [4.69, 9.17) is 24.0 Å². The highest BCUT2D eigenvalue weighted by molar-refractivity contribution is 7.48. The predicted molar refractivity (Wildman–Crippen MR) is 70.7 cm³/mol. The van der Waals surface area contributed by atoms with Crippen LogP contribution in [0, 0.1) is 0 Å². The first kappa shape index (κ1) is 15.7. The van der Waals surface area contributed by atoms with E-state index in [0.717, 1.165) is 4.57 Å². The Kier molecular flexibility index (Phi) is 4.40. The monoisotopic (exact) mass is 335 g/mol. The smallest absolute Gasteiger partial charge is 0.346 e. The van der Waals surface area contributed by atoms with Crippen LogP contribution >= 0.6 is 7.82 Å².